The molecule has 3 fully saturated rings. The summed E-state index contributed by atoms with van der Waals surface area (Å²) in [5.41, 5.74) is 6.30. The molecule has 26 heavy (non-hydrogen) atoms. The van der Waals surface area contributed by atoms with Gasteiger partial charge in [0.15, 0.2) is 0 Å². The molecule has 2 N–H and O–H groups in total. The van der Waals surface area contributed by atoms with Crippen LogP contribution in [-0.2, 0) is 6.42 Å². The van der Waals surface area contributed by atoms with E-state index in [1.807, 2.05) is 0 Å². The summed E-state index contributed by atoms with van der Waals surface area (Å²) >= 11 is 0. The lowest BCUT2D eigenvalue weighted by molar-refractivity contribution is -0.00110. The molecule has 0 spiro atoms. The summed E-state index contributed by atoms with van der Waals surface area (Å²) in [5, 5.41) is 5.74. The van der Waals surface area contributed by atoms with Gasteiger partial charge in [0.2, 0.25) is 0 Å². The molecular formula is C19H32BN5O. The van der Waals surface area contributed by atoms with Crippen molar-refractivity contribution in [2.24, 2.45) is 0 Å². The van der Waals surface area contributed by atoms with Crippen LogP contribution in [0.25, 0.3) is 0 Å². The molecule has 3 aliphatic rings. The van der Waals surface area contributed by atoms with Gasteiger partial charge >= 0.3 is 0 Å². The maximum absolute atomic E-state index is 6.24. The molecule has 7 heteroatoms. The van der Waals surface area contributed by atoms with Gasteiger partial charge < -0.3 is 10.1 Å². The van der Waals surface area contributed by atoms with E-state index in [0.29, 0.717) is 18.4 Å². The smallest absolute Gasteiger partial charge is 0.124 e. The number of hydrazine groups is 1. The van der Waals surface area contributed by atoms with Crippen LogP contribution in [-0.4, -0.2) is 87.4 Å². The second-order valence-electron chi connectivity index (χ2n) is 7.99. The Morgan fingerprint density at radius 3 is 2.92 bits per heavy atom. The quantitative estimate of drug-likeness (QED) is 0.680. The van der Waals surface area contributed by atoms with Gasteiger partial charge in [-0.1, -0.05) is 18.5 Å². The van der Waals surface area contributed by atoms with Gasteiger partial charge in [-0.25, -0.2) is 10.4 Å². The monoisotopic (exact) mass is 357 g/mol. The van der Waals surface area contributed by atoms with Gasteiger partial charge in [0.25, 0.3) is 0 Å². The third-order valence-electron chi connectivity index (χ3n) is 5.88. The summed E-state index contributed by atoms with van der Waals surface area (Å²) in [6.45, 7) is 8.51. The number of nitrogens with one attached hydrogen (secondary N) is 2. The molecule has 0 amide bonds. The van der Waals surface area contributed by atoms with Gasteiger partial charge in [-0.05, 0) is 30.5 Å². The number of rotatable bonds is 6. The lowest BCUT2D eigenvalue weighted by Crippen LogP contribution is -2.60. The van der Waals surface area contributed by atoms with E-state index in [0.717, 1.165) is 51.4 Å². The number of fused-ring (bicyclic) bond motifs is 1. The molecule has 0 saturated carbocycles. The number of nitrogens with zero attached hydrogens (tertiary/aromatic N) is 3. The average Bonchev–Trinajstić information content (AvgIpc) is 2.91. The van der Waals surface area contributed by atoms with Gasteiger partial charge in [-0.2, -0.15) is 0 Å². The highest BCUT2D eigenvalue weighted by atomic mass is 16.5. The fourth-order valence-electron chi connectivity index (χ4n) is 4.43. The predicted octanol–water partition coefficient (Wildman–Crippen LogP) is -0.341. The highest BCUT2D eigenvalue weighted by Gasteiger charge is 2.41. The van der Waals surface area contributed by atoms with Crippen molar-refractivity contribution in [2.45, 2.75) is 38.1 Å². The predicted molar refractivity (Wildman–Crippen MR) is 107 cm³/mol. The van der Waals surface area contributed by atoms with Crippen LogP contribution in [0.2, 0.25) is 6.32 Å². The molecular weight excluding hydrogens is 325 g/mol. The lowest BCUT2D eigenvalue weighted by Gasteiger charge is -2.42. The van der Waals surface area contributed by atoms with Crippen LogP contribution in [0.4, 0.5) is 0 Å². The normalized spacial score (nSPS) is 28.1. The van der Waals surface area contributed by atoms with E-state index in [9.17, 15) is 0 Å². The molecule has 2 unspecified atom stereocenters. The molecule has 3 aliphatic heterocycles. The van der Waals surface area contributed by atoms with Crippen LogP contribution in [0.1, 0.15) is 11.1 Å². The van der Waals surface area contributed by atoms with E-state index in [-0.39, 0.29) is 0 Å². The van der Waals surface area contributed by atoms with E-state index in [1.165, 1.54) is 17.4 Å². The molecule has 0 aromatic heterocycles. The third-order valence-corrected chi connectivity index (χ3v) is 5.88. The molecule has 1 aromatic carbocycles. The maximum Gasteiger partial charge on any atom is 0.124 e. The average molecular weight is 357 g/mol. The molecule has 0 radical (unpaired) electrons. The van der Waals surface area contributed by atoms with Gasteiger partial charge in [0.05, 0.1) is 12.3 Å². The number of piperazine rings is 1. The van der Waals surface area contributed by atoms with Crippen molar-refractivity contribution in [3.8, 4) is 5.75 Å². The molecule has 3 heterocycles. The molecule has 2 atom stereocenters. The van der Waals surface area contributed by atoms with Crippen molar-refractivity contribution in [1.82, 2.24) is 25.6 Å². The highest BCUT2D eigenvalue weighted by Crippen LogP contribution is 2.25. The zero-order chi connectivity index (χ0) is 18.1. The summed E-state index contributed by atoms with van der Waals surface area (Å²) < 4.78 is 6.24. The van der Waals surface area contributed by atoms with Crippen molar-refractivity contribution < 1.29 is 4.74 Å². The van der Waals surface area contributed by atoms with Crippen molar-refractivity contribution >= 4 is 7.85 Å². The van der Waals surface area contributed by atoms with Gasteiger partial charge in [0, 0.05) is 46.3 Å². The molecule has 6 nitrogen and oxygen atoms in total. The zero-order valence-corrected chi connectivity index (χ0v) is 16.4. The van der Waals surface area contributed by atoms with Crippen LogP contribution >= 0.6 is 0 Å². The summed E-state index contributed by atoms with van der Waals surface area (Å²) in [6, 6.07) is 6.64. The highest BCUT2D eigenvalue weighted by molar-refractivity contribution is 6.08. The summed E-state index contributed by atoms with van der Waals surface area (Å²) in [7, 11) is 4.37. The Morgan fingerprint density at radius 2 is 2.15 bits per heavy atom. The Kier molecular flexibility index (Phi) is 5.52. The molecule has 0 bridgehead atoms. The standard InChI is InChI=1S/C19H32BN5O/c1-14-9-15(5-6-20)3-4-17(14)26-16-11-24(12-16)13-18-22-23(2)19-10-21-7-8-25(18)19/h3-4,9,16,18-19,21-22H,5-8,10-13,20H2,1-2H3. The fraction of sp³-hybridized carbons (Fsp3) is 0.684. The number of likely N-dealkylation sites (tertiary alicyclic amines) is 1. The van der Waals surface area contributed by atoms with E-state index in [1.54, 1.807) is 0 Å². The molecule has 1 aromatic rings. The third kappa shape index (κ3) is 3.77. The molecule has 142 valence electrons. The van der Waals surface area contributed by atoms with Crippen molar-refractivity contribution in [3.05, 3.63) is 29.3 Å². The fourth-order valence-corrected chi connectivity index (χ4v) is 4.43. The van der Waals surface area contributed by atoms with Crippen LogP contribution in [0.5, 0.6) is 5.75 Å². The van der Waals surface area contributed by atoms with Gasteiger partial charge in [0.1, 0.15) is 19.7 Å². The largest absolute Gasteiger partial charge is 0.487 e. The number of aryl methyl sites for hydroxylation is 2. The number of ether oxygens (including phenoxy) is 1. The molecule has 4 rings (SSSR count). The van der Waals surface area contributed by atoms with Gasteiger partial charge in [-0.15, -0.1) is 0 Å². The van der Waals surface area contributed by atoms with Crippen molar-refractivity contribution in [1.29, 1.82) is 0 Å². The Balaban J connectivity index is 1.26. The van der Waals surface area contributed by atoms with E-state index >= 15 is 0 Å². The molecule has 0 aliphatic carbocycles. The minimum Gasteiger partial charge on any atom is -0.487 e. The first-order valence-electron chi connectivity index (χ1n) is 10.1. The minimum atomic E-state index is 0.323. The Labute approximate surface area is 158 Å². The van der Waals surface area contributed by atoms with Crippen LogP contribution in [0, 0.1) is 6.92 Å². The minimum absolute atomic E-state index is 0.323. The Bertz CT molecular complexity index is 624. The Hall–Kier alpha value is -1.12. The molecule has 3 saturated heterocycles. The van der Waals surface area contributed by atoms with Crippen molar-refractivity contribution in [2.75, 3.05) is 46.3 Å². The number of hydrogen-bond donors (Lipinski definition) is 2. The topological polar surface area (TPSA) is 43.0 Å². The summed E-state index contributed by atoms with van der Waals surface area (Å²) in [6.07, 6.45) is 3.56. The number of likely N-dealkylation sites (N-methyl/N-ethyl adjacent to an activating group) is 1. The summed E-state index contributed by atoms with van der Waals surface area (Å²) in [4.78, 5) is 5.09. The van der Waals surface area contributed by atoms with E-state index in [2.05, 4.69) is 65.6 Å². The second-order valence-corrected chi connectivity index (χ2v) is 7.99. The first kappa shape index (κ1) is 18.3. The first-order valence-corrected chi connectivity index (χ1v) is 10.1. The summed E-state index contributed by atoms with van der Waals surface area (Å²) in [5.74, 6) is 1.05. The van der Waals surface area contributed by atoms with Crippen LogP contribution in [0.15, 0.2) is 18.2 Å². The van der Waals surface area contributed by atoms with E-state index < -0.39 is 0 Å². The van der Waals surface area contributed by atoms with Gasteiger partial charge in [-0.3, -0.25) is 9.80 Å². The Morgan fingerprint density at radius 1 is 1.31 bits per heavy atom. The lowest BCUT2D eigenvalue weighted by atomic mass is 9.96. The number of benzene rings is 1. The number of hydrogen-bond acceptors (Lipinski definition) is 6. The second kappa shape index (κ2) is 7.86. The van der Waals surface area contributed by atoms with E-state index in [4.69, 9.17) is 4.74 Å². The van der Waals surface area contributed by atoms with Crippen molar-refractivity contribution in [3.63, 3.8) is 0 Å². The zero-order valence-electron chi connectivity index (χ0n) is 16.4. The maximum atomic E-state index is 6.24. The van der Waals surface area contributed by atoms with Crippen LogP contribution < -0.4 is 15.5 Å². The SMILES string of the molecule is BCCc1ccc(OC2CN(CC3NN(C)C4CNCCN34)C2)c(C)c1. The first-order chi connectivity index (χ1) is 12.6. The van der Waals surface area contributed by atoms with Crippen LogP contribution in [0.3, 0.4) is 0 Å².